The van der Waals surface area contributed by atoms with Gasteiger partial charge >= 0.3 is 5.97 Å². The van der Waals surface area contributed by atoms with Crippen molar-refractivity contribution in [3.8, 4) is 0 Å². The summed E-state index contributed by atoms with van der Waals surface area (Å²) in [5.41, 5.74) is 0.487. The van der Waals surface area contributed by atoms with E-state index in [-0.39, 0.29) is 17.7 Å². The highest BCUT2D eigenvalue weighted by molar-refractivity contribution is 5.89. The standard InChI is InChI=1S/C13H11FN2O3/c1-8-4-12(17)16(7-15-8)6-9-2-3-10(14)5-11(9)13(18)19/h2-5,7H,6H2,1H3,(H,18,19). The number of hydrogen-bond acceptors (Lipinski definition) is 3. The van der Waals surface area contributed by atoms with E-state index in [1.807, 2.05) is 0 Å². The summed E-state index contributed by atoms with van der Waals surface area (Å²) in [6, 6.07) is 4.80. The fraction of sp³-hybridized carbons (Fsp3) is 0.154. The third kappa shape index (κ3) is 2.85. The minimum absolute atomic E-state index is 0.0357. The quantitative estimate of drug-likeness (QED) is 0.908. The predicted octanol–water partition coefficient (Wildman–Crippen LogP) is 1.44. The molecule has 98 valence electrons. The number of nitrogens with zero attached hydrogens (tertiary/aromatic N) is 2. The summed E-state index contributed by atoms with van der Waals surface area (Å²) in [6.07, 6.45) is 1.34. The van der Waals surface area contributed by atoms with Gasteiger partial charge in [-0.15, -0.1) is 0 Å². The van der Waals surface area contributed by atoms with Crippen LogP contribution in [-0.2, 0) is 6.54 Å². The molecule has 1 heterocycles. The van der Waals surface area contributed by atoms with Crippen molar-refractivity contribution in [2.45, 2.75) is 13.5 Å². The summed E-state index contributed by atoms with van der Waals surface area (Å²) in [4.78, 5) is 26.7. The minimum atomic E-state index is -1.23. The third-order valence-corrected chi connectivity index (χ3v) is 2.66. The maximum Gasteiger partial charge on any atom is 0.336 e. The molecule has 1 N–H and O–H groups in total. The van der Waals surface area contributed by atoms with E-state index in [1.165, 1.54) is 23.0 Å². The number of carboxylic acid groups (broad SMARTS) is 1. The van der Waals surface area contributed by atoms with Crippen LogP contribution < -0.4 is 5.56 Å². The first-order valence-electron chi connectivity index (χ1n) is 5.52. The molecule has 0 amide bonds. The van der Waals surface area contributed by atoms with Crippen molar-refractivity contribution < 1.29 is 14.3 Å². The molecule has 0 saturated carbocycles. The van der Waals surface area contributed by atoms with Gasteiger partial charge in [0.1, 0.15) is 5.82 Å². The van der Waals surface area contributed by atoms with Gasteiger partial charge in [-0.25, -0.2) is 14.2 Å². The summed E-state index contributed by atoms with van der Waals surface area (Å²) in [7, 11) is 0. The molecule has 2 rings (SSSR count). The Bertz CT molecular complexity index is 695. The molecular formula is C13H11FN2O3. The zero-order valence-electron chi connectivity index (χ0n) is 10.1. The Morgan fingerprint density at radius 2 is 2.16 bits per heavy atom. The van der Waals surface area contributed by atoms with Crippen LogP contribution in [0.2, 0.25) is 0 Å². The van der Waals surface area contributed by atoms with Crippen molar-refractivity contribution in [3.63, 3.8) is 0 Å². The highest BCUT2D eigenvalue weighted by Crippen LogP contribution is 2.12. The largest absolute Gasteiger partial charge is 0.478 e. The minimum Gasteiger partial charge on any atom is -0.478 e. The molecule has 6 heteroatoms. The molecule has 0 radical (unpaired) electrons. The van der Waals surface area contributed by atoms with Crippen molar-refractivity contribution in [3.05, 3.63) is 63.6 Å². The third-order valence-electron chi connectivity index (χ3n) is 2.66. The maximum atomic E-state index is 13.0. The van der Waals surface area contributed by atoms with E-state index in [0.717, 1.165) is 12.1 Å². The fourth-order valence-electron chi connectivity index (χ4n) is 1.70. The first-order valence-corrected chi connectivity index (χ1v) is 5.52. The van der Waals surface area contributed by atoms with Crippen LogP contribution in [0.25, 0.3) is 0 Å². The van der Waals surface area contributed by atoms with Gasteiger partial charge in [-0.2, -0.15) is 0 Å². The molecule has 0 aliphatic carbocycles. The van der Waals surface area contributed by atoms with Crippen LogP contribution in [0.5, 0.6) is 0 Å². The Kier molecular flexibility index (Phi) is 3.41. The number of carbonyl (C=O) groups is 1. The number of benzene rings is 1. The molecule has 0 unspecified atom stereocenters. The maximum absolute atomic E-state index is 13.0. The van der Waals surface area contributed by atoms with Gasteiger partial charge in [0, 0.05) is 11.8 Å². The molecule has 19 heavy (non-hydrogen) atoms. The molecule has 5 nitrogen and oxygen atoms in total. The van der Waals surface area contributed by atoms with Crippen LogP contribution in [0.3, 0.4) is 0 Å². The monoisotopic (exact) mass is 262 g/mol. The van der Waals surface area contributed by atoms with Gasteiger partial charge in [-0.05, 0) is 24.6 Å². The van der Waals surface area contributed by atoms with Crippen LogP contribution >= 0.6 is 0 Å². The zero-order chi connectivity index (χ0) is 14.0. The second-order valence-electron chi connectivity index (χ2n) is 4.10. The molecule has 0 spiro atoms. The van der Waals surface area contributed by atoms with Crippen LogP contribution in [0, 0.1) is 12.7 Å². The molecular weight excluding hydrogens is 251 g/mol. The normalized spacial score (nSPS) is 10.4. The summed E-state index contributed by atoms with van der Waals surface area (Å²) in [5.74, 6) is -1.86. The summed E-state index contributed by atoms with van der Waals surface area (Å²) in [6.45, 7) is 1.72. The number of aromatic carboxylic acids is 1. The lowest BCUT2D eigenvalue weighted by Gasteiger charge is -2.08. The molecule has 0 fully saturated rings. The summed E-state index contributed by atoms with van der Waals surface area (Å²) < 4.78 is 14.3. The molecule has 2 aromatic rings. The number of rotatable bonds is 3. The molecule has 0 saturated heterocycles. The van der Waals surface area contributed by atoms with Crippen molar-refractivity contribution >= 4 is 5.97 Å². The first kappa shape index (κ1) is 12.9. The number of aromatic nitrogens is 2. The van der Waals surface area contributed by atoms with E-state index in [1.54, 1.807) is 6.92 Å². The van der Waals surface area contributed by atoms with Crippen molar-refractivity contribution in [2.24, 2.45) is 0 Å². The molecule has 0 aliphatic rings. The van der Waals surface area contributed by atoms with E-state index >= 15 is 0 Å². The smallest absolute Gasteiger partial charge is 0.336 e. The van der Waals surface area contributed by atoms with Gasteiger partial charge in [0.2, 0.25) is 0 Å². The molecule has 0 atom stereocenters. The van der Waals surface area contributed by atoms with Crippen LogP contribution in [0.4, 0.5) is 4.39 Å². The van der Waals surface area contributed by atoms with Crippen molar-refractivity contribution in [2.75, 3.05) is 0 Å². The highest BCUT2D eigenvalue weighted by Gasteiger charge is 2.12. The lowest BCUT2D eigenvalue weighted by molar-refractivity contribution is 0.0695. The SMILES string of the molecule is Cc1cc(=O)n(Cc2ccc(F)cc2C(=O)O)cn1. The molecule has 0 bridgehead atoms. The Morgan fingerprint density at radius 3 is 2.79 bits per heavy atom. The van der Waals surface area contributed by atoms with E-state index in [0.29, 0.717) is 11.3 Å². The van der Waals surface area contributed by atoms with Crippen LogP contribution in [-0.4, -0.2) is 20.6 Å². The average Bonchev–Trinajstić information content (AvgIpc) is 2.34. The van der Waals surface area contributed by atoms with E-state index in [2.05, 4.69) is 4.98 Å². The Balaban J connectivity index is 2.43. The van der Waals surface area contributed by atoms with E-state index < -0.39 is 11.8 Å². The molecule has 1 aromatic carbocycles. The Labute approximate surface area is 108 Å². The second kappa shape index (κ2) is 5.01. The number of carboxylic acids is 1. The zero-order valence-corrected chi connectivity index (χ0v) is 10.1. The van der Waals surface area contributed by atoms with Gasteiger partial charge in [0.25, 0.3) is 5.56 Å². The van der Waals surface area contributed by atoms with Gasteiger partial charge in [-0.3, -0.25) is 9.36 Å². The van der Waals surface area contributed by atoms with Gasteiger partial charge in [0.05, 0.1) is 18.4 Å². The predicted molar refractivity (Wildman–Crippen MR) is 65.7 cm³/mol. The number of halogens is 1. The van der Waals surface area contributed by atoms with Crippen molar-refractivity contribution in [1.82, 2.24) is 9.55 Å². The van der Waals surface area contributed by atoms with Crippen LogP contribution in [0.15, 0.2) is 35.4 Å². The van der Waals surface area contributed by atoms with E-state index in [9.17, 15) is 14.0 Å². The molecule has 1 aromatic heterocycles. The lowest BCUT2D eigenvalue weighted by Crippen LogP contribution is -2.21. The number of aryl methyl sites for hydroxylation is 1. The second-order valence-corrected chi connectivity index (χ2v) is 4.10. The van der Waals surface area contributed by atoms with Crippen LogP contribution in [0.1, 0.15) is 21.6 Å². The highest BCUT2D eigenvalue weighted by atomic mass is 19.1. The topological polar surface area (TPSA) is 72.2 Å². The fourth-order valence-corrected chi connectivity index (χ4v) is 1.70. The lowest BCUT2D eigenvalue weighted by atomic mass is 10.1. The van der Waals surface area contributed by atoms with Gasteiger partial charge in [0.15, 0.2) is 0 Å². The van der Waals surface area contributed by atoms with Gasteiger partial charge < -0.3 is 5.11 Å². The van der Waals surface area contributed by atoms with E-state index in [4.69, 9.17) is 5.11 Å². The number of hydrogen-bond donors (Lipinski definition) is 1. The van der Waals surface area contributed by atoms with Gasteiger partial charge in [-0.1, -0.05) is 6.07 Å². The first-order chi connectivity index (χ1) is 8.97. The summed E-state index contributed by atoms with van der Waals surface area (Å²) in [5, 5.41) is 9.01. The Morgan fingerprint density at radius 1 is 1.42 bits per heavy atom. The summed E-state index contributed by atoms with van der Waals surface area (Å²) >= 11 is 0. The molecule has 0 aliphatic heterocycles. The van der Waals surface area contributed by atoms with Crippen molar-refractivity contribution in [1.29, 1.82) is 0 Å². The average molecular weight is 262 g/mol. The Hall–Kier alpha value is -2.50.